The van der Waals surface area contributed by atoms with Crippen LogP contribution in [-0.2, 0) is 14.3 Å². The van der Waals surface area contributed by atoms with Crippen LogP contribution in [0.25, 0.3) is 0 Å². The molecule has 0 aromatic heterocycles. The molecule has 0 aromatic carbocycles. The normalized spacial score (nSPS) is 11.7. The van der Waals surface area contributed by atoms with E-state index >= 15 is 0 Å². The topological polar surface area (TPSA) is 63.6 Å². The van der Waals surface area contributed by atoms with Crippen LogP contribution in [0.15, 0.2) is 6.08 Å². The van der Waals surface area contributed by atoms with Crippen molar-refractivity contribution in [3.8, 4) is 0 Å². The molecule has 1 atom stereocenters. The van der Waals surface area contributed by atoms with E-state index in [-0.39, 0.29) is 6.42 Å². The van der Waals surface area contributed by atoms with E-state index in [1.54, 1.807) is 0 Å². The molecule has 10 heavy (non-hydrogen) atoms. The molecule has 4 heteroatoms. The molecule has 4 nitrogen and oxygen atoms in total. The average molecular weight is 144 g/mol. The van der Waals surface area contributed by atoms with Gasteiger partial charge in [0.05, 0.1) is 0 Å². The lowest BCUT2D eigenvalue weighted by molar-refractivity contribution is -0.148. The van der Waals surface area contributed by atoms with Crippen LogP contribution in [0.5, 0.6) is 0 Å². The molecule has 0 aliphatic rings. The summed E-state index contributed by atoms with van der Waals surface area (Å²) in [6.07, 6.45) is 0.221. The van der Waals surface area contributed by atoms with Crippen molar-refractivity contribution >= 4 is 11.9 Å². The van der Waals surface area contributed by atoms with Crippen molar-refractivity contribution in [2.24, 2.45) is 0 Å². The van der Waals surface area contributed by atoms with Gasteiger partial charge in [-0.15, -0.1) is 0 Å². The second-order valence-electron chi connectivity index (χ2n) is 1.62. The third kappa shape index (κ3) is 3.02. The smallest absolute Gasteiger partial charge is 0.333 e. The average Bonchev–Trinajstić information content (AvgIpc) is 1.89. The van der Waals surface area contributed by atoms with Gasteiger partial charge in [-0.25, -0.2) is 9.59 Å². The number of ether oxygens (including phenoxy) is 1. The molecule has 1 N–H and O–H groups in total. The molecule has 0 fully saturated rings. The first-order valence-corrected chi connectivity index (χ1v) is 2.67. The highest BCUT2D eigenvalue weighted by Crippen LogP contribution is 1.95. The molecule has 0 heterocycles. The van der Waals surface area contributed by atoms with Crippen LogP contribution in [0.1, 0.15) is 6.42 Å². The van der Waals surface area contributed by atoms with Gasteiger partial charge in [0.25, 0.3) is 0 Å². The zero-order valence-electron chi connectivity index (χ0n) is 5.53. The Bertz CT molecular complexity index is 157. The van der Waals surface area contributed by atoms with Gasteiger partial charge in [-0.2, -0.15) is 0 Å². The molecule has 0 radical (unpaired) electrons. The van der Waals surface area contributed by atoms with Crippen molar-refractivity contribution in [3.63, 3.8) is 0 Å². The number of hydrogen-bond donors (Lipinski definition) is 1. The summed E-state index contributed by atoms with van der Waals surface area (Å²) in [5.74, 6) is 0.394. The molecule has 56 valence electrons. The number of carbonyl (C=O) groups is 1. The summed E-state index contributed by atoms with van der Waals surface area (Å²) >= 11 is 0. The van der Waals surface area contributed by atoms with Crippen molar-refractivity contribution in [2.75, 3.05) is 7.11 Å². The molecule has 0 aromatic rings. The minimum Gasteiger partial charge on any atom is -0.479 e. The van der Waals surface area contributed by atoms with Crippen molar-refractivity contribution < 1.29 is 19.4 Å². The summed E-state index contributed by atoms with van der Waals surface area (Å²) < 4.78 is 4.50. The predicted molar refractivity (Wildman–Crippen MR) is 33.3 cm³/mol. The molecular weight excluding hydrogens is 136 g/mol. The standard InChI is InChI=1S/C6H8O4/c1-10-5(6(8)9)3-2-4-7/h2,5H,3H2,1H3,(H,8,9). The van der Waals surface area contributed by atoms with Gasteiger partial charge in [0.1, 0.15) is 5.94 Å². The number of hydrogen-bond acceptors (Lipinski definition) is 3. The van der Waals surface area contributed by atoms with Crippen molar-refractivity contribution in [1.82, 2.24) is 0 Å². The monoisotopic (exact) mass is 144 g/mol. The van der Waals surface area contributed by atoms with Gasteiger partial charge in [-0.05, 0) is 0 Å². The Morgan fingerprint density at radius 3 is 2.80 bits per heavy atom. The predicted octanol–water partition coefficient (Wildman–Crippen LogP) is -0.136. The third-order valence-corrected chi connectivity index (χ3v) is 0.975. The Hall–Kier alpha value is -1.12. The largest absolute Gasteiger partial charge is 0.479 e. The molecule has 1 unspecified atom stereocenters. The Morgan fingerprint density at radius 2 is 2.50 bits per heavy atom. The molecular formula is C6H8O4. The van der Waals surface area contributed by atoms with E-state index in [2.05, 4.69) is 4.74 Å². The van der Waals surface area contributed by atoms with Crippen LogP contribution in [0, 0.1) is 0 Å². The maximum Gasteiger partial charge on any atom is 0.333 e. The zero-order chi connectivity index (χ0) is 7.98. The van der Waals surface area contributed by atoms with Gasteiger partial charge < -0.3 is 9.84 Å². The summed E-state index contributed by atoms with van der Waals surface area (Å²) in [6.45, 7) is 0. The fraction of sp³-hybridized carbons (Fsp3) is 0.500. The number of carboxylic acids is 1. The molecule has 0 spiro atoms. The fourth-order valence-electron chi connectivity index (χ4n) is 0.453. The van der Waals surface area contributed by atoms with Gasteiger partial charge in [-0.3, -0.25) is 0 Å². The second-order valence-corrected chi connectivity index (χ2v) is 1.62. The van der Waals surface area contributed by atoms with Gasteiger partial charge in [0, 0.05) is 19.6 Å². The SMILES string of the molecule is COC(CC=C=O)C(=O)O. The Labute approximate surface area is 58.1 Å². The molecule has 0 aliphatic carbocycles. The molecule has 0 amide bonds. The summed E-state index contributed by atoms with van der Waals surface area (Å²) in [7, 11) is 1.28. The molecule has 0 saturated carbocycles. The third-order valence-electron chi connectivity index (χ3n) is 0.975. The fourth-order valence-corrected chi connectivity index (χ4v) is 0.453. The molecule has 0 rings (SSSR count). The summed E-state index contributed by atoms with van der Waals surface area (Å²) in [5.41, 5.74) is 0. The second kappa shape index (κ2) is 4.73. The highest BCUT2D eigenvalue weighted by atomic mass is 16.5. The van der Waals surface area contributed by atoms with Crippen LogP contribution in [0.2, 0.25) is 0 Å². The lowest BCUT2D eigenvalue weighted by Crippen LogP contribution is -2.21. The van der Waals surface area contributed by atoms with E-state index in [9.17, 15) is 9.59 Å². The zero-order valence-corrected chi connectivity index (χ0v) is 5.53. The number of carbonyl (C=O) groups excluding carboxylic acids is 1. The Morgan fingerprint density at radius 1 is 1.90 bits per heavy atom. The maximum absolute atomic E-state index is 10.2. The van der Waals surface area contributed by atoms with Gasteiger partial charge in [0.15, 0.2) is 6.10 Å². The number of rotatable bonds is 4. The number of carboxylic acid groups (broad SMARTS) is 1. The Balaban J connectivity index is 3.82. The van der Waals surface area contributed by atoms with Crippen LogP contribution in [0.3, 0.4) is 0 Å². The highest BCUT2D eigenvalue weighted by Gasteiger charge is 2.13. The van der Waals surface area contributed by atoms with E-state index in [4.69, 9.17) is 5.11 Å². The van der Waals surface area contributed by atoms with Gasteiger partial charge in [-0.1, -0.05) is 0 Å². The van der Waals surface area contributed by atoms with Crippen LogP contribution < -0.4 is 0 Å². The first-order valence-electron chi connectivity index (χ1n) is 2.67. The van der Waals surface area contributed by atoms with E-state index < -0.39 is 12.1 Å². The maximum atomic E-state index is 10.2. The van der Waals surface area contributed by atoms with Crippen LogP contribution >= 0.6 is 0 Å². The van der Waals surface area contributed by atoms with Crippen molar-refractivity contribution in [2.45, 2.75) is 12.5 Å². The highest BCUT2D eigenvalue weighted by molar-refractivity contribution is 5.72. The minimum atomic E-state index is -1.07. The van der Waals surface area contributed by atoms with E-state index in [1.165, 1.54) is 13.1 Å². The summed E-state index contributed by atoms with van der Waals surface area (Å²) in [4.78, 5) is 19.8. The Kier molecular flexibility index (Phi) is 4.20. The minimum absolute atomic E-state index is 0.0648. The quantitative estimate of drug-likeness (QED) is 0.558. The molecule has 0 saturated heterocycles. The van der Waals surface area contributed by atoms with Crippen LogP contribution in [0.4, 0.5) is 0 Å². The number of aliphatic carboxylic acids is 1. The lowest BCUT2D eigenvalue weighted by Gasteiger charge is -2.04. The lowest BCUT2D eigenvalue weighted by atomic mass is 10.2. The summed E-state index contributed by atoms with van der Waals surface area (Å²) in [6, 6.07) is 0. The van der Waals surface area contributed by atoms with Crippen LogP contribution in [-0.4, -0.2) is 30.2 Å². The number of methoxy groups -OCH3 is 1. The molecule has 0 aliphatic heterocycles. The van der Waals surface area contributed by atoms with Crippen molar-refractivity contribution in [1.29, 1.82) is 0 Å². The first-order chi connectivity index (χ1) is 4.72. The molecule has 0 bridgehead atoms. The van der Waals surface area contributed by atoms with E-state index in [1.807, 2.05) is 0 Å². The van der Waals surface area contributed by atoms with Gasteiger partial charge >= 0.3 is 5.97 Å². The summed E-state index contributed by atoms with van der Waals surface area (Å²) in [5, 5.41) is 8.33. The van der Waals surface area contributed by atoms with E-state index in [0.29, 0.717) is 0 Å². The van der Waals surface area contributed by atoms with Gasteiger partial charge in [0.2, 0.25) is 0 Å². The first kappa shape index (κ1) is 8.88. The van der Waals surface area contributed by atoms with Crippen molar-refractivity contribution in [3.05, 3.63) is 6.08 Å². The van der Waals surface area contributed by atoms with E-state index in [0.717, 1.165) is 6.08 Å².